The van der Waals surface area contributed by atoms with Crippen LogP contribution in [0.15, 0.2) is 42.7 Å². The van der Waals surface area contributed by atoms with Gasteiger partial charge in [0, 0.05) is 18.4 Å². The highest BCUT2D eigenvalue weighted by atomic mass is 16.5. The van der Waals surface area contributed by atoms with E-state index in [1.165, 1.54) is 5.56 Å². The lowest BCUT2D eigenvalue weighted by molar-refractivity contribution is 0.0631. The van der Waals surface area contributed by atoms with E-state index >= 15 is 0 Å². The lowest BCUT2D eigenvalue weighted by Gasteiger charge is -2.24. The number of nitrogens with one attached hydrogen (secondary N) is 1. The second-order valence-electron chi connectivity index (χ2n) is 5.42. The van der Waals surface area contributed by atoms with Gasteiger partial charge >= 0.3 is 0 Å². The van der Waals surface area contributed by atoms with Crippen molar-refractivity contribution in [2.75, 3.05) is 13.7 Å². The summed E-state index contributed by atoms with van der Waals surface area (Å²) in [6.07, 6.45) is 5.39. The SMILES string of the molecule is CNC(c1cnn(-c2ccccc2)c1)C1OCCC1C. The fourth-order valence-electron chi connectivity index (χ4n) is 2.88. The van der Waals surface area contributed by atoms with Crippen molar-refractivity contribution >= 4 is 0 Å². The monoisotopic (exact) mass is 271 g/mol. The number of hydrogen-bond donors (Lipinski definition) is 1. The van der Waals surface area contributed by atoms with Crippen LogP contribution in [-0.2, 0) is 4.74 Å². The van der Waals surface area contributed by atoms with E-state index in [-0.39, 0.29) is 12.1 Å². The summed E-state index contributed by atoms with van der Waals surface area (Å²) in [5.41, 5.74) is 2.25. The van der Waals surface area contributed by atoms with Gasteiger partial charge in [0.05, 0.1) is 24.0 Å². The summed E-state index contributed by atoms with van der Waals surface area (Å²) >= 11 is 0. The Labute approximate surface area is 119 Å². The van der Waals surface area contributed by atoms with Gasteiger partial charge in [0.1, 0.15) is 0 Å². The van der Waals surface area contributed by atoms with Crippen LogP contribution in [0.2, 0.25) is 0 Å². The van der Waals surface area contributed by atoms with E-state index in [1.807, 2.05) is 36.1 Å². The lowest BCUT2D eigenvalue weighted by Crippen LogP contribution is -2.32. The van der Waals surface area contributed by atoms with Crippen molar-refractivity contribution < 1.29 is 4.74 Å². The second kappa shape index (κ2) is 5.77. The number of hydrogen-bond acceptors (Lipinski definition) is 3. The summed E-state index contributed by atoms with van der Waals surface area (Å²) < 4.78 is 7.80. The molecular weight excluding hydrogens is 250 g/mol. The first kappa shape index (κ1) is 13.3. The maximum absolute atomic E-state index is 5.89. The van der Waals surface area contributed by atoms with E-state index in [4.69, 9.17) is 4.74 Å². The van der Waals surface area contributed by atoms with Crippen LogP contribution in [0.5, 0.6) is 0 Å². The molecule has 2 aromatic rings. The Morgan fingerprint density at radius 2 is 2.15 bits per heavy atom. The Bertz CT molecular complexity index is 552. The minimum atomic E-state index is 0.199. The summed E-state index contributed by atoms with van der Waals surface area (Å²) in [7, 11) is 1.99. The highest BCUT2D eigenvalue weighted by Crippen LogP contribution is 2.31. The van der Waals surface area contributed by atoms with Crippen molar-refractivity contribution in [1.82, 2.24) is 15.1 Å². The molecule has 0 radical (unpaired) electrons. The maximum atomic E-state index is 5.89. The Morgan fingerprint density at radius 3 is 2.80 bits per heavy atom. The molecule has 1 saturated heterocycles. The van der Waals surface area contributed by atoms with Gasteiger partial charge in [0.25, 0.3) is 0 Å². The minimum absolute atomic E-state index is 0.199. The molecule has 0 saturated carbocycles. The van der Waals surface area contributed by atoms with Gasteiger partial charge in [-0.1, -0.05) is 25.1 Å². The number of ether oxygens (including phenoxy) is 1. The fraction of sp³-hybridized carbons (Fsp3) is 0.438. The molecule has 1 aliphatic heterocycles. The van der Waals surface area contributed by atoms with Crippen molar-refractivity contribution in [3.8, 4) is 5.69 Å². The van der Waals surface area contributed by atoms with Gasteiger partial charge in [-0.15, -0.1) is 0 Å². The van der Waals surface area contributed by atoms with Gasteiger partial charge in [-0.05, 0) is 31.5 Å². The molecule has 3 unspecified atom stereocenters. The maximum Gasteiger partial charge on any atom is 0.0797 e. The van der Waals surface area contributed by atoms with Crippen molar-refractivity contribution in [3.63, 3.8) is 0 Å². The number of para-hydroxylation sites is 1. The minimum Gasteiger partial charge on any atom is -0.376 e. The molecule has 106 valence electrons. The molecule has 2 heterocycles. The fourth-order valence-corrected chi connectivity index (χ4v) is 2.88. The first-order valence-corrected chi connectivity index (χ1v) is 7.18. The first-order chi connectivity index (χ1) is 9.79. The van der Waals surface area contributed by atoms with E-state index in [0.29, 0.717) is 5.92 Å². The summed E-state index contributed by atoms with van der Waals surface area (Å²) in [5.74, 6) is 0.576. The van der Waals surface area contributed by atoms with Gasteiger partial charge < -0.3 is 10.1 Å². The first-order valence-electron chi connectivity index (χ1n) is 7.18. The Balaban J connectivity index is 1.85. The molecule has 4 heteroatoms. The molecule has 0 amide bonds. The van der Waals surface area contributed by atoms with Crippen LogP contribution < -0.4 is 5.32 Å². The summed E-state index contributed by atoms with van der Waals surface area (Å²) in [5, 5.41) is 7.85. The third-order valence-corrected chi connectivity index (χ3v) is 4.07. The Kier molecular flexibility index (Phi) is 3.85. The molecular formula is C16H21N3O. The molecule has 0 bridgehead atoms. The van der Waals surface area contributed by atoms with Crippen LogP contribution >= 0.6 is 0 Å². The van der Waals surface area contributed by atoms with E-state index in [2.05, 4.69) is 35.7 Å². The van der Waals surface area contributed by atoms with Crippen LogP contribution in [0, 0.1) is 5.92 Å². The topological polar surface area (TPSA) is 39.1 Å². The van der Waals surface area contributed by atoms with Gasteiger partial charge in [0.2, 0.25) is 0 Å². The van der Waals surface area contributed by atoms with Crippen molar-refractivity contribution in [1.29, 1.82) is 0 Å². The van der Waals surface area contributed by atoms with Gasteiger partial charge in [0.15, 0.2) is 0 Å². The smallest absolute Gasteiger partial charge is 0.0797 e. The van der Waals surface area contributed by atoms with Crippen LogP contribution in [0.1, 0.15) is 24.9 Å². The van der Waals surface area contributed by atoms with Crippen LogP contribution in [0.4, 0.5) is 0 Å². The second-order valence-corrected chi connectivity index (χ2v) is 5.42. The van der Waals surface area contributed by atoms with Crippen molar-refractivity contribution in [3.05, 3.63) is 48.3 Å². The predicted molar refractivity (Wildman–Crippen MR) is 78.9 cm³/mol. The van der Waals surface area contributed by atoms with E-state index in [9.17, 15) is 0 Å². The van der Waals surface area contributed by atoms with Crippen molar-refractivity contribution in [2.45, 2.75) is 25.5 Å². The molecule has 1 aliphatic rings. The van der Waals surface area contributed by atoms with Gasteiger partial charge in [-0.3, -0.25) is 0 Å². The number of benzene rings is 1. The summed E-state index contributed by atoms with van der Waals surface area (Å²) in [4.78, 5) is 0. The largest absolute Gasteiger partial charge is 0.376 e. The average molecular weight is 271 g/mol. The molecule has 20 heavy (non-hydrogen) atoms. The zero-order chi connectivity index (χ0) is 13.9. The highest BCUT2D eigenvalue weighted by molar-refractivity contribution is 5.31. The lowest BCUT2D eigenvalue weighted by atomic mass is 9.94. The van der Waals surface area contributed by atoms with Crippen LogP contribution in [0.3, 0.4) is 0 Å². The quantitative estimate of drug-likeness (QED) is 0.929. The molecule has 3 rings (SSSR count). The number of nitrogens with zero attached hydrogens (tertiary/aromatic N) is 2. The molecule has 0 spiro atoms. The van der Waals surface area contributed by atoms with E-state index < -0.39 is 0 Å². The summed E-state index contributed by atoms with van der Waals surface area (Å²) in [6, 6.07) is 10.4. The average Bonchev–Trinajstić information content (AvgIpc) is 3.12. The van der Waals surface area contributed by atoms with Gasteiger partial charge in [-0.25, -0.2) is 4.68 Å². The molecule has 1 fully saturated rings. The van der Waals surface area contributed by atoms with Crippen LogP contribution in [0.25, 0.3) is 5.69 Å². The summed E-state index contributed by atoms with van der Waals surface area (Å²) in [6.45, 7) is 3.11. The molecule has 4 nitrogen and oxygen atoms in total. The van der Waals surface area contributed by atoms with E-state index in [1.54, 1.807) is 0 Å². The normalized spacial score (nSPS) is 23.9. The zero-order valence-electron chi connectivity index (χ0n) is 12.0. The zero-order valence-corrected chi connectivity index (χ0v) is 12.0. The predicted octanol–water partition coefficient (Wildman–Crippen LogP) is 2.56. The Hall–Kier alpha value is -1.65. The highest BCUT2D eigenvalue weighted by Gasteiger charge is 2.32. The molecule has 1 aromatic heterocycles. The van der Waals surface area contributed by atoms with E-state index in [0.717, 1.165) is 18.7 Å². The van der Waals surface area contributed by atoms with Gasteiger partial charge in [-0.2, -0.15) is 5.10 Å². The molecule has 1 N–H and O–H groups in total. The van der Waals surface area contributed by atoms with Crippen molar-refractivity contribution in [2.24, 2.45) is 5.92 Å². The third kappa shape index (κ3) is 2.49. The Morgan fingerprint density at radius 1 is 1.35 bits per heavy atom. The van der Waals surface area contributed by atoms with Crippen LogP contribution in [-0.4, -0.2) is 29.5 Å². The molecule has 3 atom stereocenters. The number of aromatic nitrogens is 2. The molecule has 1 aromatic carbocycles. The molecule has 0 aliphatic carbocycles. The number of rotatable bonds is 4. The number of likely N-dealkylation sites (N-methyl/N-ethyl adjacent to an activating group) is 1. The standard InChI is InChI=1S/C16H21N3O/c1-12-8-9-20-16(12)15(17-2)13-10-18-19(11-13)14-6-4-3-5-7-14/h3-7,10-12,15-17H,8-9H2,1-2H3. The third-order valence-electron chi connectivity index (χ3n) is 4.07.